The zero-order valence-electron chi connectivity index (χ0n) is 11.3. The average molecular weight is 242 g/mol. The van der Waals surface area contributed by atoms with E-state index in [1.54, 1.807) is 0 Å². The molecule has 17 heavy (non-hydrogen) atoms. The van der Waals surface area contributed by atoms with Gasteiger partial charge in [-0.05, 0) is 46.5 Å². The van der Waals surface area contributed by atoms with Gasteiger partial charge in [0.2, 0.25) is 5.91 Å². The number of hydrogen-bond donors (Lipinski definition) is 2. The van der Waals surface area contributed by atoms with E-state index in [1.165, 1.54) is 0 Å². The number of aliphatic hydroxyl groups excluding tert-OH is 1. The van der Waals surface area contributed by atoms with Crippen LogP contribution in [-0.4, -0.2) is 47.2 Å². The summed E-state index contributed by atoms with van der Waals surface area (Å²) in [6.45, 7) is 7.70. The maximum Gasteiger partial charge on any atom is 0.236 e. The molecule has 0 aliphatic carbocycles. The van der Waals surface area contributed by atoms with E-state index in [9.17, 15) is 4.79 Å². The highest BCUT2D eigenvalue weighted by atomic mass is 16.3. The fraction of sp³-hybridized carbons (Fsp3) is 0.923. The molecule has 2 N–H and O–H groups in total. The molecule has 0 aromatic carbocycles. The van der Waals surface area contributed by atoms with E-state index in [2.05, 4.69) is 26.1 Å². The molecule has 4 heteroatoms. The monoisotopic (exact) mass is 242 g/mol. The Morgan fingerprint density at radius 3 is 2.76 bits per heavy atom. The highest BCUT2D eigenvalue weighted by Crippen LogP contribution is 2.21. The lowest BCUT2D eigenvalue weighted by Gasteiger charge is -2.27. The van der Waals surface area contributed by atoms with Crippen LogP contribution in [0.1, 0.15) is 46.5 Å². The van der Waals surface area contributed by atoms with Gasteiger partial charge in [-0.25, -0.2) is 0 Å². The first-order chi connectivity index (χ1) is 7.94. The molecule has 1 atom stereocenters. The van der Waals surface area contributed by atoms with Crippen molar-refractivity contribution in [1.82, 2.24) is 10.2 Å². The van der Waals surface area contributed by atoms with Gasteiger partial charge >= 0.3 is 0 Å². The number of carbonyl (C=O) groups excluding carboxylic acids is 1. The minimum atomic E-state index is -0.0179. The van der Waals surface area contributed by atoms with Crippen molar-refractivity contribution in [1.29, 1.82) is 0 Å². The first-order valence-electron chi connectivity index (χ1n) is 6.59. The molecule has 100 valence electrons. The van der Waals surface area contributed by atoms with Crippen LogP contribution in [0.25, 0.3) is 0 Å². The third-order valence-corrected chi connectivity index (χ3v) is 3.16. The Kier molecular flexibility index (Phi) is 5.40. The van der Waals surface area contributed by atoms with Crippen molar-refractivity contribution in [3.8, 4) is 0 Å². The molecule has 0 saturated carbocycles. The van der Waals surface area contributed by atoms with Crippen molar-refractivity contribution < 1.29 is 9.90 Å². The number of nitrogens with zero attached hydrogens (tertiary/aromatic N) is 1. The molecule has 0 radical (unpaired) electrons. The van der Waals surface area contributed by atoms with Gasteiger partial charge in [0.1, 0.15) is 0 Å². The molecule has 0 spiro atoms. The fourth-order valence-corrected chi connectivity index (χ4v) is 2.23. The molecule has 4 nitrogen and oxygen atoms in total. The molecule has 1 rings (SSSR count). The summed E-state index contributed by atoms with van der Waals surface area (Å²) in [5, 5.41) is 12.1. The Labute approximate surface area is 104 Å². The molecule has 0 bridgehead atoms. The van der Waals surface area contributed by atoms with Crippen molar-refractivity contribution in [2.24, 2.45) is 0 Å². The van der Waals surface area contributed by atoms with Crippen LogP contribution in [0, 0.1) is 0 Å². The molecule has 1 amide bonds. The first kappa shape index (κ1) is 14.5. The van der Waals surface area contributed by atoms with Crippen LogP contribution in [0.4, 0.5) is 0 Å². The van der Waals surface area contributed by atoms with Crippen LogP contribution in [0.3, 0.4) is 0 Å². The Bertz CT molecular complexity index is 248. The Hall–Kier alpha value is -0.610. The topological polar surface area (TPSA) is 52.6 Å². The van der Waals surface area contributed by atoms with Crippen molar-refractivity contribution in [2.75, 3.05) is 19.7 Å². The minimum Gasteiger partial charge on any atom is -0.396 e. The number of hydrogen-bond acceptors (Lipinski definition) is 3. The molecule has 1 heterocycles. The van der Waals surface area contributed by atoms with Gasteiger partial charge in [-0.3, -0.25) is 4.79 Å². The fourth-order valence-electron chi connectivity index (χ4n) is 2.23. The van der Waals surface area contributed by atoms with Crippen molar-refractivity contribution in [2.45, 2.75) is 58.0 Å². The van der Waals surface area contributed by atoms with Crippen molar-refractivity contribution in [3.05, 3.63) is 0 Å². The summed E-state index contributed by atoms with van der Waals surface area (Å²) in [6.07, 6.45) is 3.90. The second-order valence-corrected chi connectivity index (χ2v) is 5.85. The SMILES string of the molecule is CC(C)(C)NCC(=O)N1CCCC1CCCO. The van der Waals surface area contributed by atoms with Gasteiger partial charge in [-0.2, -0.15) is 0 Å². The van der Waals surface area contributed by atoms with Crippen molar-refractivity contribution >= 4 is 5.91 Å². The molecular weight excluding hydrogens is 216 g/mol. The molecule has 1 unspecified atom stereocenters. The van der Waals surface area contributed by atoms with Crippen LogP contribution in [0.15, 0.2) is 0 Å². The van der Waals surface area contributed by atoms with Gasteiger partial charge in [-0.1, -0.05) is 0 Å². The number of amides is 1. The Morgan fingerprint density at radius 2 is 2.18 bits per heavy atom. The predicted octanol–water partition coefficient (Wildman–Crippen LogP) is 1.14. The second-order valence-electron chi connectivity index (χ2n) is 5.85. The van der Waals surface area contributed by atoms with Gasteiger partial charge in [0.25, 0.3) is 0 Å². The largest absolute Gasteiger partial charge is 0.396 e. The van der Waals surface area contributed by atoms with E-state index in [0.717, 1.165) is 32.2 Å². The summed E-state index contributed by atoms with van der Waals surface area (Å²) in [6, 6.07) is 0.344. The van der Waals surface area contributed by atoms with Gasteiger partial charge in [0.15, 0.2) is 0 Å². The Balaban J connectivity index is 2.39. The first-order valence-corrected chi connectivity index (χ1v) is 6.59. The normalized spacial score (nSPS) is 20.9. The summed E-state index contributed by atoms with van der Waals surface area (Å²) in [5.41, 5.74) is -0.0179. The molecule has 1 fully saturated rings. The zero-order chi connectivity index (χ0) is 12.9. The number of rotatable bonds is 5. The molecule has 0 aromatic heterocycles. The number of carbonyl (C=O) groups is 1. The van der Waals surface area contributed by atoms with Gasteiger partial charge in [-0.15, -0.1) is 0 Å². The molecule has 1 aliphatic rings. The summed E-state index contributed by atoms with van der Waals surface area (Å²) in [5.74, 6) is 0.195. The summed E-state index contributed by atoms with van der Waals surface area (Å²) in [4.78, 5) is 14.0. The summed E-state index contributed by atoms with van der Waals surface area (Å²) >= 11 is 0. The van der Waals surface area contributed by atoms with E-state index in [0.29, 0.717) is 12.6 Å². The summed E-state index contributed by atoms with van der Waals surface area (Å²) in [7, 11) is 0. The lowest BCUT2D eigenvalue weighted by molar-refractivity contribution is -0.131. The molecule has 1 saturated heterocycles. The van der Waals surface area contributed by atoms with Crippen LogP contribution in [-0.2, 0) is 4.79 Å². The van der Waals surface area contributed by atoms with E-state index in [4.69, 9.17) is 5.11 Å². The van der Waals surface area contributed by atoms with Crippen LogP contribution in [0.5, 0.6) is 0 Å². The van der Waals surface area contributed by atoms with Gasteiger partial charge < -0.3 is 15.3 Å². The van der Waals surface area contributed by atoms with E-state index in [-0.39, 0.29) is 18.1 Å². The highest BCUT2D eigenvalue weighted by Gasteiger charge is 2.28. The van der Waals surface area contributed by atoms with Gasteiger partial charge in [0, 0.05) is 24.7 Å². The molecular formula is C13H26N2O2. The predicted molar refractivity (Wildman–Crippen MR) is 68.8 cm³/mol. The van der Waals surface area contributed by atoms with E-state index >= 15 is 0 Å². The highest BCUT2D eigenvalue weighted by molar-refractivity contribution is 5.79. The van der Waals surface area contributed by atoms with Crippen LogP contribution in [0.2, 0.25) is 0 Å². The maximum absolute atomic E-state index is 12.1. The minimum absolute atomic E-state index is 0.0179. The number of nitrogens with one attached hydrogen (secondary N) is 1. The lowest BCUT2D eigenvalue weighted by atomic mass is 10.1. The lowest BCUT2D eigenvalue weighted by Crippen LogP contribution is -2.46. The molecule has 1 aliphatic heterocycles. The smallest absolute Gasteiger partial charge is 0.236 e. The van der Waals surface area contributed by atoms with Crippen LogP contribution < -0.4 is 5.32 Å². The quantitative estimate of drug-likeness (QED) is 0.760. The second kappa shape index (κ2) is 6.36. The number of likely N-dealkylation sites (tertiary alicyclic amines) is 1. The van der Waals surface area contributed by atoms with E-state index < -0.39 is 0 Å². The van der Waals surface area contributed by atoms with Gasteiger partial charge in [0.05, 0.1) is 6.54 Å². The standard InChI is InChI=1S/C13H26N2O2/c1-13(2,3)14-10-12(17)15-8-4-6-11(15)7-5-9-16/h11,14,16H,4-10H2,1-3H3. The number of aliphatic hydroxyl groups is 1. The molecule has 0 aromatic rings. The van der Waals surface area contributed by atoms with Crippen molar-refractivity contribution in [3.63, 3.8) is 0 Å². The third-order valence-electron chi connectivity index (χ3n) is 3.16. The summed E-state index contributed by atoms with van der Waals surface area (Å²) < 4.78 is 0. The third kappa shape index (κ3) is 5.04. The van der Waals surface area contributed by atoms with E-state index in [1.807, 2.05) is 4.90 Å². The van der Waals surface area contributed by atoms with Crippen LogP contribution >= 0.6 is 0 Å². The zero-order valence-corrected chi connectivity index (χ0v) is 11.3. The Morgan fingerprint density at radius 1 is 1.47 bits per heavy atom. The average Bonchev–Trinajstić information content (AvgIpc) is 2.70. The maximum atomic E-state index is 12.1.